The minimum atomic E-state index is -1.47. The summed E-state index contributed by atoms with van der Waals surface area (Å²) in [6.45, 7) is 5.37. The summed E-state index contributed by atoms with van der Waals surface area (Å²) >= 11 is 6.22. The Labute approximate surface area is 75.2 Å². The van der Waals surface area contributed by atoms with Crippen molar-refractivity contribution in [2.24, 2.45) is 0 Å². The molecule has 1 saturated heterocycles. The van der Waals surface area contributed by atoms with Crippen molar-refractivity contribution in [1.29, 1.82) is 0 Å². The second kappa shape index (κ2) is 3.92. The number of alkyl halides is 1. The van der Waals surface area contributed by atoms with Gasteiger partial charge in [0.1, 0.15) is 0 Å². The Kier molecular flexibility index (Phi) is 3.41. The second-order valence-electron chi connectivity index (χ2n) is 3.49. The SMILES string of the molecule is CCC(Cl)[Si]1(C)CCCCO1. The minimum absolute atomic E-state index is 0.322. The van der Waals surface area contributed by atoms with Crippen LogP contribution in [0.15, 0.2) is 0 Å². The molecule has 1 aliphatic heterocycles. The number of rotatable bonds is 2. The zero-order valence-electron chi connectivity index (χ0n) is 7.40. The molecule has 1 heterocycles. The number of hydrogen-bond donors (Lipinski definition) is 0. The molecule has 11 heavy (non-hydrogen) atoms. The molecule has 1 rings (SSSR count). The Bertz CT molecular complexity index is 123. The quantitative estimate of drug-likeness (QED) is 0.483. The first-order valence-electron chi connectivity index (χ1n) is 4.47. The van der Waals surface area contributed by atoms with Crippen LogP contribution in [0.1, 0.15) is 26.2 Å². The highest BCUT2D eigenvalue weighted by molar-refractivity contribution is 6.80. The van der Waals surface area contributed by atoms with E-state index in [1.807, 2.05) is 0 Å². The third-order valence-corrected chi connectivity index (χ3v) is 8.16. The Morgan fingerprint density at radius 1 is 1.55 bits per heavy atom. The van der Waals surface area contributed by atoms with Crippen LogP contribution in [0.3, 0.4) is 0 Å². The molecule has 1 aliphatic rings. The molecule has 2 unspecified atom stereocenters. The molecule has 1 fully saturated rings. The summed E-state index contributed by atoms with van der Waals surface area (Å²) in [5.74, 6) is 0. The van der Waals surface area contributed by atoms with E-state index in [-0.39, 0.29) is 0 Å². The lowest BCUT2D eigenvalue weighted by atomic mass is 10.4. The molecule has 2 atom stereocenters. The molecule has 0 radical (unpaired) electrons. The van der Waals surface area contributed by atoms with Crippen molar-refractivity contribution in [2.75, 3.05) is 6.61 Å². The van der Waals surface area contributed by atoms with Crippen LogP contribution in [0.5, 0.6) is 0 Å². The summed E-state index contributed by atoms with van der Waals surface area (Å²) in [5, 5.41) is 0.322. The topological polar surface area (TPSA) is 9.23 Å². The van der Waals surface area contributed by atoms with Crippen molar-refractivity contribution >= 4 is 19.9 Å². The molecule has 0 amide bonds. The maximum atomic E-state index is 6.22. The highest BCUT2D eigenvalue weighted by atomic mass is 35.5. The van der Waals surface area contributed by atoms with E-state index in [2.05, 4.69) is 13.5 Å². The van der Waals surface area contributed by atoms with Crippen LogP contribution < -0.4 is 0 Å². The Morgan fingerprint density at radius 2 is 2.27 bits per heavy atom. The Balaban J connectivity index is 2.49. The van der Waals surface area contributed by atoms with Gasteiger partial charge in [-0.1, -0.05) is 13.3 Å². The van der Waals surface area contributed by atoms with Crippen molar-refractivity contribution in [3.8, 4) is 0 Å². The lowest BCUT2D eigenvalue weighted by molar-refractivity contribution is 0.268. The zero-order valence-corrected chi connectivity index (χ0v) is 9.16. The van der Waals surface area contributed by atoms with E-state index < -0.39 is 8.32 Å². The fourth-order valence-corrected chi connectivity index (χ4v) is 5.22. The summed E-state index contributed by atoms with van der Waals surface area (Å²) in [5.41, 5.74) is 0. The van der Waals surface area contributed by atoms with E-state index in [0.29, 0.717) is 5.00 Å². The first kappa shape index (κ1) is 9.55. The van der Waals surface area contributed by atoms with Crippen molar-refractivity contribution in [3.63, 3.8) is 0 Å². The van der Waals surface area contributed by atoms with Gasteiger partial charge in [0.05, 0.1) is 5.00 Å². The van der Waals surface area contributed by atoms with E-state index >= 15 is 0 Å². The molecule has 66 valence electrons. The predicted octanol–water partition coefficient (Wildman–Crippen LogP) is 2.93. The van der Waals surface area contributed by atoms with Gasteiger partial charge in [0.25, 0.3) is 0 Å². The van der Waals surface area contributed by atoms with Crippen LogP contribution in [-0.4, -0.2) is 19.9 Å². The molecule has 0 bridgehead atoms. The first-order chi connectivity index (χ1) is 5.19. The normalized spacial score (nSPS) is 35.2. The zero-order chi connectivity index (χ0) is 8.32. The Morgan fingerprint density at radius 3 is 2.73 bits per heavy atom. The minimum Gasteiger partial charge on any atom is -0.416 e. The molecule has 0 N–H and O–H groups in total. The molecule has 0 aromatic carbocycles. The van der Waals surface area contributed by atoms with Crippen LogP contribution in [0.2, 0.25) is 12.6 Å². The molecular weight excluding hydrogens is 176 g/mol. The van der Waals surface area contributed by atoms with Gasteiger partial charge in [0.15, 0.2) is 0 Å². The molecule has 0 aliphatic carbocycles. The summed E-state index contributed by atoms with van der Waals surface area (Å²) < 4.78 is 5.83. The molecule has 0 aromatic heterocycles. The monoisotopic (exact) mass is 192 g/mol. The van der Waals surface area contributed by atoms with Gasteiger partial charge in [-0.25, -0.2) is 0 Å². The van der Waals surface area contributed by atoms with Gasteiger partial charge in [-0.15, -0.1) is 11.6 Å². The van der Waals surface area contributed by atoms with E-state index in [0.717, 1.165) is 13.0 Å². The van der Waals surface area contributed by atoms with Crippen LogP contribution in [-0.2, 0) is 4.43 Å². The van der Waals surface area contributed by atoms with Gasteiger partial charge in [0.2, 0.25) is 8.32 Å². The summed E-state index contributed by atoms with van der Waals surface area (Å²) in [6, 6.07) is 1.26. The van der Waals surface area contributed by atoms with Crippen LogP contribution in [0, 0.1) is 0 Å². The van der Waals surface area contributed by atoms with Crippen molar-refractivity contribution in [2.45, 2.75) is 43.8 Å². The van der Waals surface area contributed by atoms with E-state index in [9.17, 15) is 0 Å². The van der Waals surface area contributed by atoms with E-state index in [4.69, 9.17) is 16.0 Å². The van der Waals surface area contributed by atoms with Crippen molar-refractivity contribution < 1.29 is 4.43 Å². The molecule has 0 aromatic rings. The molecule has 0 saturated carbocycles. The summed E-state index contributed by atoms with van der Waals surface area (Å²) in [4.78, 5) is 0. The predicted molar refractivity (Wildman–Crippen MR) is 51.5 cm³/mol. The molecule has 0 spiro atoms. The highest BCUT2D eigenvalue weighted by Crippen LogP contribution is 2.29. The fraction of sp³-hybridized carbons (Fsp3) is 1.00. The first-order valence-corrected chi connectivity index (χ1v) is 7.60. The second-order valence-corrected chi connectivity index (χ2v) is 8.50. The van der Waals surface area contributed by atoms with Crippen LogP contribution in [0.25, 0.3) is 0 Å². The summed E-state index contributed by atoms with van der Waals surface area (Å²) in [6.07, 6.45) is 3.62. The summed E-state index contributed by atoms with van der Waals surface area (Å²) in [7, 11) is -1.47. The largest absolute Gasteiger partial charge is 0.416 e. The maximum absolute atomic E-state index is 6.22. The van der Waals surface area contributed by atoms with Gasteiger partial charge in [0, 0.05) is 6.61 Å². The lowest BCUT2D eigenvalue weighted by Crippen LogP contribution is -2.46. The van der Waals surface area contributed by atoms with Crippen molar-refractivity contribution in [1.82, 2.24) is 0 Å². The standard InChI is InChI=1S/C8H17ClOSi/c1-3-8(9)11(2)7-5-4-6-10-11/h8H,3-7H2,1-2H3. The van der Waals surface area contributed by atoms with Gasteiger partial charge in [-0.05, 0) is 25.4 Å². The third kappa shape index (κ3) is 2.20. The van der Waals surface area contributed by atoms with Crippen molar-refractivity contribution in [3.05, 3.63) is 0 Å². The highest BCUT2D eigenvalue weighted by Gasteiger charge is 2.37. The van der Waals surface area contributed by atoms with Gasteiger partial charge in [-0.3, -0.25) is 0 Å². The van der Waals surface area contributed by atoms with E-state index in [1.54, 1.807) is 0 Å². The Hall–Kier alpha value is 0.467. The average molecular weight is 193 g/mol. The molecular formula is C8H17ClOSi. The maximum Gasteiger partial charge on any atom is 0.207 e. The van der Waals surface area contributed by atoms with Gasteiger partial charge >= 0.3 is 0 Å². The van der Waals surface area contributed by atoms with Gasteiger partial charge < -0.3 is 4.43 Å². The number of halogens is 1. The number of hydrogen-bond acceptors (Lipinski definition) is 1. The lowest BCUT2D eigenvalue weighted by Gasteiger charge is -2.34. The van der Waals surface area contributed by atoms with Crippen LogP contribution in [0.4, 0.5) is 0 Å². The third-order valence-electron chi connectivity index (χ3n) is 2.52. The fourth-order valence-electron chi connectivity index (χ4n) is 1.63. The average Bonchev–Trinajstić information content (AvgIpc) is 2.04. The molecule has 1 nitrogen and oxygen atoms in total. The van der Waals surface area contributed by atoms with Gasteiger partial charge in [-0.2, -0.15) is 0 Å². The smallest absolute Gasteiger partial charge is 0.207 e. The van der Waals surface area contributed by atoms with E-state index in [1.165, 1.54) is 18.9 Å². The molecule has 3 heteroatoms. The van der Waals surface area contributed by atoms with Crippen LogP contribution >= 0.6 is 11.6 Å².